The zero-order valence-electron chi connectivity index (χ0n) is 8.86. The second-order valence-corrected chi connectivity index (χ2v) is 3.06. The van der Waals surface area contributed by atoms with Crippen LogP contribution in [0.15, 0.2) is 24.3 Å². The number of hydrogen-bond donors (Lipinski definition) is 1. The molecular formula is C12H10F2N2O. The average molecular weight is 236 g/mol. The van der Waals surface area contributed by atoms with E-state index < -0.39 is 12.7 Å². The van der Waals surface area contributed by atoms with E-state index in [9.17, 15) is 8.78 Å². The minimum absolute atomic E-state index is 0.0291. The molecule has 0 spiro atoms. The number of benzene rings is 1. The van der Waals surface area contributed by atoms with Crippen LogP contribution in [0.2, 0.25) is 0 Å². The molecule has 1 atom stereocenters. The average Bonchev–Trinajstić information content (AvgIpc) is 2.31. The summed E-state index contributed by atoms with van der Waals surface area (Å²) in [5.74, 6) is 2.28. The van der Waals surface area contributed by atoms with Gasteiger partial charge < -0.3 is 4.74 Å². The number of nitriles is 1. The molecule has 5 heteroatoms. The predicted molar refractivity (Wildman–Crippen MR) is 58.3 cm³/mol. The van der Waals surface area contributed by atoms with Gasteiger partial charge in [-0.1, -0.05) is 24.1 Å². The molecule has 0 amide bonds. The van der Waals surface area contributed by atoms with Gasteiger partial charge in [-0.2, -0.15) is 14.0 Å². The van der Waals surface area contributed by atoms with Gasteiger partial charge >= 0.3 is 6.61 Å². The van der Waals surface area contributed by atoms with Crippen LogP contribution in [0.1, 0.15) is 11.6 Å². The first-order valence-electron chi connectivity index (χ1n) is 4.79. The van der Waals surface area contributed by atoms with E-state index in [4.69, 9.17) is 11.7 Å². The third kappa shape index (κ3) is 3.75. The fourth-order valence-electron chi connectivity index (χ4n) is 1.31. The van der Waals surface area contributed by atoms with Crippen LogP contribution < -0.4 is 10.1 Å². The highest BCUT2D eigenvalue weighted by Gasteiger charge is 2.16. The van der Waals surface area contributed by atoms with Gasteiger partial charge in [-0.15, -0.1) is 6.42 Å². The smallest absolute Gasteiger partial charge is 0.387 e. The summed E-state index contributed by atoms with van der Waals surface area (Å²) in [5, 5.41) is 11.7. The molecule has 17 heavy (non-hydrogen) atoms. The highest BCUT2D eigenvalue weighted by atomic mass is 19.3. The van der Waals surface area contributed by atoms with Crippen LogP contribution in [0, 0.1) is 23.7 Å². The lowest BCUT2D eigenvalue weighted by Gasteiger charge is -2.14. The second kappa shape index (κ2) is 6.47. The lowest BCUT2D eigenvalue weighted by atomic mass is 10.1. The molecular weight excluding hydrogens is 226 g/mol. The molecule has 0 fully saturated rings. The van der Waals surface area contributed by atoms with Crippen molar-refractivity contribution in [3.63, 3.8) is 0 Å². The van der Waals surface area contributed by atoms with Crippen molar-refractivity contribution in [3.8, 4) is 24.2 Å². The van der Waals surface area contributed by atoms with Crippen molar-refractivity contribution in [2.45, 2.75) is 12.7 Å². The van der Waals surface area contributed by atoms with Gasteiger partial charge in [0.15, 0.2) is 0 Å². The number of nitrogens with zero attached hydrogens (tertiary/aromatic N) is 1. The first kappa shape index (κ1) is 13.0. The Labute approximate surface area is 98.0 Å². The molecule has 0 aliphatic heterocycles. The van der Waals surface area contributed by atoms with Gasteiger partial charge in [0, 0.05) is 5.56 Å². The number of nitrogens with one attached hydrogen (secondary N) is 1. The SMILES string of the molecule is C#CCNC(C#N)c1ccccc1OC(F)F. The van der Waals surface area contributed by atoms with Crippen molar-refractivity contribution in [1.29, 1.82) is 5.26 Å². The summed E-state index contributed by atoms with van der Waals surface area (Å²) in [5.41, 5.74) is 0.338. The Bertz CT molecular complexity index is 449. The van der Waals surface area contributed by atoms with E-state index in [2.05, 4.69) is 16.0 Å². The third-order valence-corrected chi connectivity index (χ3v) is 1.98. The maximum atomic E-state index is 12.2. The first-order valence-corrected chi connectivity index (χ1v) is 4.79. The molecule has 0 aliphatic carbocycles. The fourth-order valence-corrected chi connectivity index (χ4v) is 1.31. The molecule has 1 aromatic rings. The van der Waals surface area contributed by atoms with Crippen LogP contribution in [-0.2, 0) is 0 Å². The summed E-state index contributed by atoms with van der Waals surface area (Å²) in [4.78, 5) is 0. The number of rotatable bonds is 5. The molecule has 0 aliphatic rings. The summed E-state index contributed by atoms with van der Waals surface area (Å²) < 4.78 is 28.7. The molecule has 0 bridgehead atoms. The van der Waals surface area contributed by atoms with Gasteiger partial charge in [-0.3, -0.25) is 5.32 Å². The van der Waals surface area contributed by atoms with Crippen molar-refractivity contribution in [1.82, 2.24) is 5.32 Å². The van der Waals surface area contributed by atoms with Gasteiger partial charge in [0.05, 0.1) is 12.6 Å². The number of hydrogen-bond acceptors (Lipinski definition) is 3. The molecule has 3 nitrogen and oxygen atoms in total. The van der Waals surface area contributed by atoms with Gasteiger partial charge in [0.1, 0.15) is 11.8 Å². The number of alkyl halides is 2. The molecule has 0 aromatic heterocycles. The van der Waals surface area contributed by atoms with E-state index >= 15 is 0 Å². The van der Waals surface area contributed by atoms with E-state index in [0.29, 0.717) is 5.56 Å². The number of halogens is 2. The normalized spacial score (nSPS) is 11.6. The second-order valence-electron chi connectivity index (χ2n) is 3.06. The van der Waals surface area contributed by atoms with Crippen LogP contribution in [0.3, 0.4) is 0 Å². The largest absolute Gasteiger partial charge is 0.434 e. The highest BCUT2D eigenvalue weighted by molar-refractivity contribution is 5.38. The van der Waals surface area contributed by atoms with Crippen molar-refractivity contribution in [2.75, 3.05) is 6.54 Å². The monoisotopic (exact) mass is 236 g/mol. The topological polar surface area (TPSA) is 45.0 Å². The van der Waals surface area contributed by atoms with Gasteiger partial charge in [0.2, 0.25) is 0 Å². The van der Waals surface area contributed by atoms with E-state index in [1.807, 2.05) is 6.07 Å². The third-order valence-electron chi connectivity index (χ3n) is 1.98. The number of terminal acetylenes is 1. The van der Waals surface area contributed by atoms with Crippen LogP contribution >= 0.6 is 0 Å². The summed E-state index contributed by atoms with van der Waals surface area (Å²) in [6, 6.07) is 7.26. The Morgan fingerprint density at radius 1 is 1.41 bits per heavy atom. The Morgan fingerprint density at radius 3 is 2.71 bits per heavy atom. The Kier molecular flexibility index (Phi) is 4.93. The van der Waals surface area contributed by atoms with Crippen LogP contribution in [0.4, 0.5) is 8.78 Å². The van der Waals surface area contributed by atoms with Crippen LogP contribution in [-0.4, -0.2) is 13.2 Å². The Morgan fingerprint density at radius 2 is 2.12 bits per heavy atom. The molecule has 1 N–H and O–H groups in total. The van der Waals surface area contributed by atoms with Crippen molar-refractivity contribution < 1.29 is 13.5 Å². The van der Waals surface area contributed by atoms with Crippen molar-refractivity contribution >= 4 is 0 Å². The standard InChI is InChI=1S/C12H10F2N2O/c1-2-7-16-10(8-15)9-5-3-4-6-11(9)17-12(13)14/h1,3-6,10,12,16H,7H2. The summed E-state index contributed by atoms with van der Waals surface area (Å²) in [7, 11) is 0. The fraction of sp³-hybridized carbons (Fsp3) is 0.250. The minimum Gasteiger partial charge on any atom is -0.434 e. The van der Waals surface area contributed by atoms with E-state index in [-0.39, 0.29) is 12.3 Å². The van der Waals surface area contributed by atoms with Gasteiger partial charge in [-0.25, -0.2) is 0 Å². The summed E-state index contributed by atoms with van der Waals surface area (Å²) in [6.07, 6.45) is 5.06. The summed E-state index contributed by atoms with van der Waals surface area (Å²) in [6.45, 7) is -2.76. The quantitative estimate of drug-likeness (QED) is 0.796. The Balaban J connectivity index is 2.95. The van der Waals surface area contributed by atoms with E-state index in [1.165, 1.54) is 12.1 Å². The molecule has 1 aromatic carbocycles. The molecule has 1 rings (SSSR count). The molecule has 0 radical (unpaired) electrons. The van der Waals surface area contributed by atoms with E-state index in [0.717, 1.165) is 0 Å². The van der Waals surface area contributed by atoms with Crippen LogP contribution in [0.5, 0.6) is 5.75 Å². The first-order chi connectivity index (χ1) is 8.19. The van der Waals surface area contributed by atoms with E-state index in [1.54, 1.807) is 12.1 Å². The van der Waals surface area contributed by atoms with Crippen LogP contribution in [0.25, 0.3) is 0 Å². The zero-order valence-corrected chi connectivity index (χ0v) is 8.86. The van der Waals surface area contributed by atoms with Gasteiger partial charge in [0.25, 0.3) is 0 Å². The molecule has 1 unspecified atom stereocenters. The lowest BCUT2D eigenvalue weighted by Crippen LogP contribution is -2.21. The van der Waals surface area contributed by atoms with Crippen molar-refractivity contribution in [2.24, 2.45) is 0 Å². The predicted octanol–water partition coefficient (Wildman–Crippen LogP) is 2.08. The zero-order chi connectivity index (χ0) is 12.7. The number of ether oxygens (including phenoxy) is 1. The molecule has 88 valence electrons. The number of para-hydroxylation sites is 1. The highest BCUT2D eigenvalue weighted by Crippen LogP contribution is 2.25. The minimum atomic E-state index is -2.93. The molecule has 0 saturated heterocycles. The summed E-state index contributed by atoms with van der Waals surface area (Å²) >= 11 is 0. The van der Waals surface area contributed by atoms with Gasteiger partial charge in [-0.05, 0) is 6.07 Å². The van der Waals surface area contributed by atoms with Crippen molar-refractivity contribution in [3.05, 3.63) is 29.8 Å². The maximum Gasteiger partial charge on any atom is 0.387 e. The Hall–Kier alpha value is -2.11. The lowest BCUT2D eigenvalue weighted by molar-refractivity contribution is -0.0505. The maximum absolute atomic E-state index is 12.2. The molecule has 0 heterocycles. The molecule has 0 saturated carbocycles.